The van der Waals surface area contributed by atoms with E-state index in [4.69, 9.17) is 11.6 Å². The number of nitrogens with one attached hydrogen (secondary N) is 1. The SMILES string of the molecule is Cc1ccc(C(=O)NCCCn2ccnc2)c(Cl)c1. The minimum Gasteiger partial charge on any atom is -0.352 e. The number of aromatic nitrogens is 2. The summed E-state index contributed by atoms with van der Waals surface area (Å²) in [5.74, 6) is -0.129. The van der Waals surface area contributed by atoms with Crippen LogP contribution in [0.3, 0.4) is 0 Å². The fraction of sp³-hybridized carbons (Fsp3) is 0.286. The van der Waals surface area contributed by atoms with Gasteiger partial charge in [0.15, 0.2) is 0 Å². The third-order valence-corrected chi connectivity index (χ3v) is 3.12. The first-order chi connectivity index (χ1) is 9.16. The van der Waals surface area contributed by atoms with Gasteiger partial charge < -0.3 is 9.88 Å². The molecule has 100 valence electrons. The fourth-order valence-electron chi connectivity index (χ4n) is 1.78. The van der Waals surface area contributed by atoms with Gasteiger partial charge in [0.25, 0.3) is 5.91 Å². The van der Waals surface area contributed by atoms with Crippen molar-refractivity contribution in [3.63, 3.8) is 0 Å². The first-order valence-corrected chi connectivity index (χ1v) is 6.55. The Morgan fingerprint density at radius 3 is 3.00 bits per heavy atom. The van der Waals surface area contributed by atoms with Gasteiger partial charge in [0, 0.05) is 25.5 Å². The molecule has 0 aliphatic heterocycles. The largest absolute Gasteiger partial charge is 0.352 e. The Morgan fingerprint density at radius 1 is 1.47 bits per heavy atom. The van der Waals surface area contributed by atoms with Gasteiger partial charge in [-0.1, -0.05) is 17.7 Å². The van der Waals surface area contributed by atoms with Crippen molar-refractivity contribution in [1.29, 1.82) is 0 Å². The molecule has 0 aliphatic carbocycles. The molecule has 1 amide bonds. The van der Waals surface area contributed by atoms with Crippen LogP contribution >= 0.6 is 11.6 Å². The van der Waals surface area contributed by atoms with Gasteiger partial charge in [0.1, 0.15) is 0 Å². The number of benzene rings is 1. The van der Waals surface area contributed by atoms with Crippen molar-refractivity contribution in [2.24, 2.45) is 0 Å². The normalized spacial score (nSPS) is 10.4. The maximum absolute atomic E-state index is 11.9. The van der Waals surface area contributed by atoms with E-state index in [-0.39, 0.29) is 5.91 Å². The molecule has 2 aromatic rings. The van der Waals surface area contributed by atoms with E-state index in [1.807, 2.05) is 23.8 Å². The second-order valence-electron chi connectivity index (χ2n) is 4.39. The highest BCUT2D eigenvalue weighted by molar-refractivity contribution is 6.33. The molecule has 5 heteroatoms. The minimum atomic E-state index is -0.129. The Hall–Kier alpha value is -1.81. The van der Waals surface area contributed by atoms with Gasteiger partial charge in [-0.05, 0) is 31.0 Å². The standard InChI is InChI=1S/C14H16ClN3O/c1-11-3-4-12(13(15)9-11)14(19)17-5-2-7-18-8-6-16-10-18/h3-4,6,8-10H,2,5,7H2,1H3,(H,17,19). The highest BCUT2D eigenvalue weighted by Gasteiger charge is 2.09. The number of carbonyl (C=O) groups is 1. The number of rotatable bonds is 5. The van der Waals surface area contributed by atoms with E-state index in [1.165, 1.54) is 0 Å². The van der Waals surface area contributed by atoms with Gasteiger partial charge in [-0.25, -0.2) is 4.98 Å². The van der Waals surface area contributed by atoms with Crippen LogP contribution in [0.15, 0.2) is 36.9 Å². The van der Waals surface area contributed by atoms with E-state index in [9.17, 15) is 4.79 Å². The van der Waals surface area contributed by atoms with Crippen LogP contribution in [-0.2, 0) is 6.54 Å². The molecule has 1 aromatic carbocycles. The van der Waals surface area contributed by atoms with E-state index >= 15 is 0 Å². The summed E-state index contributed by atoms with van der Waals surface area (Å²) in [5, 5.41) is 3.36. The van der Waals surface area contributed by atoms with Crippen molar-refractivity contribution in [2.45, 2.75) is 19.9 Å². The smallest absolute Gasteiger partial charge is 0.252 e. The van der Waals surface area contributed by atoms with Crippen LogP contribution in [0, 0.1) is 6.92 Å². The minimum absolute atomic E-state index is 0.129. The molecule has 0 saturated heterocycles. The van der Waals surface area contributed by atoms with Gasteiger partial charge >= 0.3 is 0 Å². The highest BCUT2D eigenvalue weighted by Crippen LogP contribution is 2.17. The number of carbonyl (C=O) groups excluding carboxylic acids is 1. The summed E-state index contributed by atoms with van der Waals surface area (Å²) in [4.78, 5) is 15.9. The second-order valence-corrected chi connectivity index (χ2v) is 4.80. The average molecular weight is 278 g/mol. The summed E-state index contributed by atoms with van der Waals surface area (Å²) < 4.78 is 1.98. The van der Waals surface area contributed by atoms with Crippen LogP contribution < -0.4 is 5.32 Å². The second kappa shape index (κ2) is 6.38. The molecule has 4 nitrogen and oxygen atoms in total. The number of imidazole rings is 1. The van der Waals surface area contributed by atoms with Crippen LogP contribution in [0.5, 0.6) is 0 Å². The van der Waals surface area contributed by atoms with E-state index in [2.05, 4.69) is 10.3 Å². The molecule has 0 saturated carbocycles. The van der Waals surface area contributed by atoms with Gasteiger partial charge in [-0.2, -0.15) is 0 Å². The Balaban J connectivity index is 1.81. The van der Waals surface area contributed by atoms with Crippen LogP contribution in [0.2, 0.25) is 5.02 Å². The number of hydrogen-bond acceptors (Lipinski definition) is 2. The van der Waals surface area contributed by atoms with Crippen LogP contribution in [-0.4, -0.2) is 22.0 Å². The molecule has 1 heterocycles. The van der Waals surface area contributed by atoms with Crippen molar-refractivity contribution in [1.82, 2.24) is 14.9 Å². The summed E-state index contributed by atoms with van der Waals surface area (Å²) in [6.07, 6.45) is 6.26. The molecular weight excluding hydrogens is 262 g/mol. The molecule has 1 aromatic heterocycles. The molecule has 0 spiro atoms. The molecule has 0 atom stereocenters. The zero-order valence-corrected chi connectivity index (χ0v) is 11.5. The molecule has 0 aliphatic rings. The Bertz CT molecular complexity index is 552. The number of hydrogen-bond donors (Lipinski definition) is 1. The predicted molar refractivity (Wildman–Crippen MR) is 75.4 cm³/mol. The molecular formula is C14H16ClN3O. The van der Waals surface area contributed by atoms with Gasteiger partial charge in [-0.3, -0.25) is 4.79 Å². The van der Waals surface area contributed by atoms with Gasteiger partial charge in [-0.15, -0.1) is 0 Å². The maximum atomic E-state index is 11.9. The van der Waals surface area contributed by atoms with Gasteiger partial charge in [0.2, 0.25) is 0 Å². The van der Waals surface area contributed by atoms with Crippen molar-refractivity contribution in [3.05, 3.63) is 53.1 Å². The molecule has 0 radical (unpaired) electrons. The van der Waals surface area contributed by atoms with Crippen molar-refractivity contribution < 1.29 is 4.79 Å². The Kier molecular flexibility index (Phi) is 4.58. The number of nitrogens with zero attached hydrogens (tertiary/aromatic N) is 2. The lowest BCUT2D eigenvalue weighted by molar-refractivity contribution is 0.0953. The summed E-state index contributed by atoms with van der Waals surface area (Å²) in [6.45, 7) is 3.39. The van der Waals surface area contributed by atoms with E-state index in [0.29, 0.717) is 17.1 Å². The number of aryl methyl sites for hydroxylation is 2. The highest BCUT2D eigenvalue weighted by atomic mass is 35.5. The lowest BCUT2D eigenvalue weighted by atomic mass is 10.1. The van der Waals surface area contributed by atoms with Crippen molar-refractivity contribution in [3.8, 4) is 0 Å². The first kappa shape index (κ1) is 13.6. The first-order valence-electron chi connectivity index (χ1n) is 6.17. The van der Waals surface area contributed by atoms with Crippen LogP contribution in [0.1, 0.15) is 22.3 Å². The fourth-order valence-corrected chi connectivity index (χ4v) is 2.10. The molecule has 0 fully saturated rings. The zero-order chi connectivity index (χ0) is 13.7. The molecule has 1 N–H and O–H groups in total. The summed E-state index contributed by atoms with van der Waals surface area (Å²) in [6, 6.07) is 5.43. The molecule has 19 heavy (non-hydrogen) atoms. The quantitative estimate of drug-likeness (QED) is 0.854. The third kappa shape index (κ3) is 3.83. The molecule has 0 unspecified atom stereocenters. The average Bonchev–Trinajstić information content (AvgIpc) is 2.87. The van der Waals surface area contributed by atoms with Crippen molar-refractivity contribution in [2.75, 3.05) is 6.54 Å². The van der Waals surface area contributed by atoms with E-state index in [1.54, 1.807) is 24.7 Å². The topological polar surface area (TPSA) is 46.9 Å². The van der Waals surface area contributed by atoms with Crippen molar-refractivity contribution >= 4 is 17.5 Å². The Labute approximate surface area is 117 Å². The van der Waals surface area contributed by atoms with Gasteiger partial charge in [0.05, 0.1) is 16.9 Å². The van der Waals surface area contributed by atoms with E-state index in [0.717, 1.165) is 18.5 Å². The monoisotopic (exact) mass is 277 g/mol. The van der Waals surface area contributed by atoms with Crippen LogP contribution in [0.4, 0.5) is 0 Å². The predicted octanol–water partition coefficient (Wildman–Crippen LogP) is 2.67. The lowest BCUT2D eigenvalue weighted by Crippen LogP contribution is -2.25. The summed E-state index contributed by atoms with van der Waals surface area (Å²) >= 11 is 6.05. The number of halogens is 1. The van der Waals surface area contributed by atoms with E-state index < -0.39 is 0 Å². The maximum Gasteiger partial charge on any atom is 0.252 e. The molecule has 0 bridgehead atoms. The summed E-state index contributed by atoms with van der Waals surface area (Å²) in [7, 11) is 0. The molecule has 2 rings (SSSR count). The zero-order valence-electron chi connectivity index (χ0n) is 10.8. The van der Waals surface area contributed by atoms with Crippen LogP contribution in [0.25, 0.3) is 0 Å². The lowest BCUT2D eigenvalue weighted by Gasteiger charge is -2.07. The Morgan fingerprint density at radius 2 is 2.32 bits per heavy atom. The third-order valence-electron chi connectivity index (χ3n) is 2.81. The number of amides is 1. The summed E-state index contributed by atoms with van der Waals surface area (Å²) in [5.41, 5.74) is 1.57.